The van der Waals surface area contributed by atoms with Crippen molar-refractivity contribution in [3.63, 3.8) is 0 Å². The van der Waals surface area contributed by atoms with Gasteiger partial charge in [0.05, 0.1) is 18.7 Å². The monoisotopic (exact) mass is 202 g/mol. The summed E-state index contributed by atoms with van der Waals surface area (Å²) in [4.78, 5) is 11.4. The third-order valence-corrected chi connectivity index (χ3v) is 2.27. The van der Waals surface area contributed by atoms with E-state index in [1.165, 1.54) is 0 Å². The Morgan fingerprint density at radius 2 is 2.14 bits per heavy atom. The number of hydrogen-bond acceptors (Lipinski definition) is 3. The molecule has 0 radical (unpaired) electrons. The van der Waals surface area contributed by atoms with Crippen LogP contribution in [0.2, 0.25) is 0 Å². The van der Waals surface area contributed by atoms with Crippen molar-refractivity contribution >= 4 is 5.91 Å². The SMILES string of the molecule is CCCC[C@H](N)C(=O)NC(CC)CO. The van der Waals surface area contributed by atoms with Crippen LogP contribution in [0.25, 0.3) is 0 Å². The van der Waals surface area contributed by atoms with Gasteiger partial charge in [-0.15, -0.1) is 0 Å². The molecule has 4 N–H and O–H groups in total. The van der Waals surface area contributed by atoms with Gasteiger partial charge in [0.15, 0.2) is 0 Å². The Bertz CT molecular complexity index is 158. The van der Waals surface area contributed by atoms with Crippen LogP contribution in [0.4, 0.5) is 0 Å². The number of aliphatic hydroxyl groups excluding tert-OH is 1. The molecule has 0 bridgehead atoms. The quantitative estimate of drug-likeness (QED) is 0.559. The molecule has 0 heterocycles. The van der Waals surface area contributed by atoms with Crippen LogP contribution < -0.4 is 11.1 Å². The third-order valence-electron chi connectivity index (χ3n) is 2.27. The van der Waals surface area contributed by atoms with Gasteiger partial charge in [0, 0.05) is 0 Å². The zero-order valence-corrected chi connectivity index (χ0v) is 9.12. The Kier molecular flexibility index (Phi) is 7.42. The van der Waals surface area contributed by atoms with Crippen molar-refractivity contribution in [2.24, 2.45) is 5.73 Å². The molecule has 4 heteroatoms. The summed E-state index contributed by atoms with van der Waals surface area (Å²) in [5, 5.41) is 11.6. The van der Waals surface area contributed by atoms with Crippen molar-refractivity contribution in [3.05, 3.63) is 0 Å². The van der Waals surface area contributed by atoms with Gasteiger partial charge in [-0.1, -0.05) is 26.7 Å². The zero-order chi connectivity index (χ0) is 11.0. The van der Waals surface area contributed by atoms with Crippen molar-refractivity contribution in [1.82, 2.24) is 5.32 Å². The molecular weight excluding hydrogens is 180 g/mol. The lowest BCUT2D eigenvalue weighted by atomic mass is 10.1. The second-order valence-corrected chi connectivity index (χ2v) is 3.55. The van der Waals surface area contributed by atoms with E-state index < -0.39 is 6.04 Å². The van der Waals surface area contributed by atoms with Crippen LogP contribution in [0.1, 0.15) is 39.5 Å². The second-order valence-electron chi connectivity index (χ2n) is 3.55. The third kappa shape index (κ3) is 5.19. The highest BCUT2D eigenvalue weighted by Gasteiger charge is 2.15. The highest BCUT2D eigenvalue weighted by molar-refractivity contribution is 5.81. The minimum absolute atomic E-state index is 0.0251. The molecule has 0 aliphatic carbocycles. The van der Waals surface area contributed by atoms with Gasteiger partial charge < -0.3 is 16.2 Å². The normalized spacial score (nSPS) is 14.9. The van der Waals surface area contributed by atoms with E-state index in [1.54, 1.807) is 0 Å². The summed E-state index contributed by atoms with van der Waals surface area (Å²) in [6, 6.07) is -0.592. The van der Waals surface area contributed by atoms with E-state index in [0.29, 0.717) is 6.42 Å². The van der Waals surface area contributed by atoms with Crippen LogP contribution in [0.3, 0.4) is 0 Å². The number of nitrogens with two attached hydrogens (primary N) is 1. The van der Waals surface area contributed by atoms with Crippen LogP contribution in [0, 0.1) is 0 Å². The molecule has 0 saturated heterocycles. The van der Waals surface area contributed by atoms with Crippen molar-refractivity contribution in [1.29, 1.82) is 0 Å². The number of amides is 1. The Morgan fingerprint density at radius 1 is 1.50 bits per heavy atom. The molecule has 1 amide bonds. The summed E-state index contributed by atoms with van der Waals surface area (Å²) in [5.41, 5.74) is 5.67. The summed E-state index contributed by atoms with van der Waals surface area (Å²) in [7, 11) is 0. The molecule has 0 aliphatic heterocycles. The summed E-state index contributed by atoms with van der Waals surface area (Å²) in [5.74, 6) is -0.153. The zero-order valence-electron chi connectivity index (χ0n) is 9.12. The first kappa shape index (κ1) is 13.4. The molecule has 0 saturated carbocycles. The molecule has 0 aromatic heterocycles. The molecule has 4 nitrogen and oxygen atoms in total. The highest BCUT2D eigenvalue weighted by Crippen LogP contribution is 1.99. The van der Waals surface area contributed by atoms with Gasteiger partial charge in [-0.3, -0.25) is 4.79 Å². The molecule has 2 atom stereocenters. The average Bonchev–Trinajstić information content (AvgIpc) is 2.21. The summed E-state index contributed by atoms with van der Waals surface area (Å²) in [6.45, 7) is 3.95. The fourth-order valence-electron chi connectivity index (χ4n) is 1.14. The van der Waals surface area contributed by atoms with Gasteiger partial charge in [-0.05, 0) is 12.8 Å². The Balaban J connectivity index is 3.81. The predicted molar refractivity (Wildman–Crippen MR) is 56.8 cm³/mol. The molecule has 84 valence electrons. The molecule has 1 unspecified atom stereocenters. The second kappa shape index (κ2) is 7.76. The fraction of sp³-hybridized carbons (Fsp3) is 0.900. The number of aliphatic hydroxyl groups is 1. The standard InChI is InChI=1S/C10H22N2O2/c1-3-5-6-9(11)10(14)12-8(4-2)7-13/h8-9,13H,3-7,11H2,1-2H3,(H,12,14)/t8?,9-/m0/s1. The number of carbonyl (C=O) groups excluding carboxylic acids is 1. The van der Waals surface area contributed by atoms with Crippen LogP contribution >= 0.6 is 0 Å². The van der Waals surface area contributed by atoms with Crippen molar-refractivity contribution in [3.8, 4) is 0 Å². The first-order chi connectivity index (χ1) is 6.65. The fourth-order valence-corrected chi connectivity index (χ4v) is 1.14. The van der Waals surface area contributed by atoms with Crippen molar-refractivity contribution in [2.75, 3.05) is 6.61 Å². The maximum atomic E-state index is 11.4. The highest BCUT2D eigenvalue weighted by atomic mass is 16.3. The first-order valence-corrected chi connectivity index (χ1v) is 5.32. The van der Waals surface area contributed by atoms with Gasteiger partial charge in [-0.25, -0.2) is 0 Å². The first-order valence-electron chi connectivity index (χ1n) is 5.32. The number of carbonyl (C=O) groups is 1. The summed E-state index contributed by atoms with van der Waals surface area (Å²) in [6.07, 6.45) is 3.44. The summed E-state index contributed by atoms with van der Waals surface area (Å²) < 4.78 is 0. The minimum atomic E-state index is -0.435. The lowest BCUT2D eigenvalue weighted by Gasteiger charge is -2.17. The molecular formula is C10H22N2O2. The van der Waals surface area contributed by atoms with Crippen LogP contribution in [0.5, 0.6) is 0 Å². The van der Waals surface area contributed by atoms with Gasteiger partial charge in [0.25, 0.3) is 0 Å². The molecule has 0 aromatic rings. The van der Waals surface area contributed by atoms with Crippen LogP contribution in [0.15, 0.2) is 0 Å². The minimum Gasteiger partial charge on any atom is -0.394 e. The van der Waals surface area contributed by atoms with Gasteiger partial charge >= 0.3 is 0 Å². The number of hydrogen-bond donors (Lipinski definition) is 3. The maximum absolute atomic E-state index is 11.4. The molecule has 14 heavy (non-hydrogen) atoms. The average molecular weight is 202 g/mol. The maximum Gasteiger partial charge on any atom is 0.237 e. The molecule has 0 fully saturated rings. The molecule has 0 rings (SSSR count). The lowest BCUT2D eigenvalue weighted by Crippen LogP contribution is -2.46. The van der Waals surface area contributed by atoms with Gasteiger partial charge in [0.2, 0.25) is 5.91 Å². The van der Waals surface area contributed by atoms with E-state index in [2.05, 4.69) is 12.2 Å². The van der Waals surface area contributed by atoms with Crippen LogP contribution in [-0.2, 0) is 4.79 Å². The number of rotatable bonds is 7. The largest absolute Gasteiger partial charge is 0.394 e. The number of unbranched alkanes of at least 4 members (excludes halogenated alkanes) is 1. The van der Waals surface area contributed by atoms with E-state index in [0.717, 1.165) is 19.3 Å². The van der Waals surface area contributed by atoms with E-state index in [1.807, 2.05) is 6.92 Å². The topological polar surface area (TPSA) is 75.4 Å². The Labute approximate surface area is 85.9 Å². The molecule has 0 aromatic carbocycles. The summed E-state index contributed by atoms with van der Waals surface area (Å²) >= 11 is 0. The lowest BCUT2D eigenvalue weighted by molar-refractivity contribution is -0.123. The smallest absolute Gasteiger partial charge is 0.237 e. The Morgan fingerprint density at radius 3 is 2.57 bits per heavy atom. The van der Waals surface area contributed by atoms with Crippen molar-refractivity contribution in [2.45, 2.75) is 51.6 Å². The van der Waals surface area contributed by atoms with E-state index in [-0.39, 0.29) is 18.6 Å². The predicted octanol–water partition coefficient (Wildman–Crippen LogP) is 0.391. The Hall–Kier alpha value is -0.610. The molecule has 0 spiro atoms. The van der Waals surface area contributed by atoms with E-state index >= 15 is 0 Å². The van der Waals surface area contributed by atoms with Gasteiger partial charge in [0.1, 0.15) is 0 Å². The van der Waals surface area contributed by atoms with Gasteiger partial charge in [-0.2, -0.15) is 0 Å². The number of nitrogens with one attached hydrogen (secondary N) is 1. The van der Waals surface area contributed by atoms with Crippen LogP contribution in [-0.4, -0.2) is 29.7 Å². The molecule has 0 aliphatic rings. The van der Waals surface area contributed by atoms with E-state index in [9.17, 15) is 4.79 Å². The van der Waals surface area contributed by atoms with Crippen molar-refractivity contribution < 1.29 is 9.90 Å². The van der Waals surface area contributed by atoms with E-state index in [4.69, 9.17) is 10.8 Å².